The molecule has 2 N–H and O–H groups in total. The minimum Gasteiger partial charge on any atom is -0.387 e. The monoisotopic (exact) mass is 314 g/mol. The van der Waals surface area contributed by atoms with E-state index in [9.17, 15) is 18.3 Å². The largest absolute Gasteiger partial charge is 0.387 e. The summed E-state index contributed by atoms with van der Waals surface area (Å²) in [6.45, 7) is 1.93. The first-order valence-electron chi connectivity index (χ1n) is 6.55. The molecule has 0 fully saturated rings. The maximum atomic E-state index is 11.7. The van der Waals surface area contributed by atoms with E-state index in [4.69, 9.17) is 0 Å². The topological polar surface area (TPSA) is 86.7 Å². The molecule has 0 radical (unpaired) electrons. The van der Waals surface area contributed by atoms with Gasteiger partial charge in [-0.3, -0.25) is 4.79 Å². The van der Waals surface area contributed by atoms with E-state index in [1.165, 1.54) is 17.0 Å². The molecule has 0 aliphatic heterocycles. The van der Waals surface area contributed by atoms with Crippen LogP contribution in [-0.4, -0.2) is 57.3 Å². The third-order valence-electron chi connectivity index (χ3n) is 3.12. The van der Waals surface area contributed by atoms with Crippen LogP contribution in [0.5, 0.6) is 0 Å². The van der Waals surface area contributed by atoms with Gasteiger partial charge in [-0.15, -0.1) is 0 Å². The van der Waals surface area contributed by atoms with Gasteiger partial charge in [0.2, 0.25) is 5.91 Å². The SMILES string of the molecule is CC(NCC(O)c1ccc(S(C)(=O)=O)cc1)C(=O)N(C)C. The zero-order valence-corrected chi connectivity index (χ0v) is 13.5. The van der Waals surface area contributed by atoms with Crippen molar-refractivity contribution >= 4 is 15.7 Å². The van der Waals surface area contributed by atoms with Crippen molar-refractivity contribution < 1.29 is 18.3 Å². The molecule has 0 heterocycles. The van der Waals surface area contributed by atoms with Crippen molar-refractivity contribution in [2.75, 3.05) is 26.9 Å². The average Bonchev–Trinajstić information content (AvgIpc) is 2.42. The zero-order chi connectivity index (χ0) is 16.2. The van der Waals surface area contributed by atoms with E-state index in [0.29, 0.717) is 5.56 Å². The number of sulfone groups is 1. The van der Waals surface area contributed by atoms with Crippen LogP contribution in [0, 0.1) is 0 Å². The molecule has 7 heteroatoms. The minimum absolute atomic E-state index is 0.0744. The Labute approximate surface area is 125 Å². The fraction of sp³-hybridized carbons (Fsp3) is 0.500. The summed E-state index contributed by atoms with van der Waals surface area (Å²) in [4.78, 5) is 13.3. The molecule has 1 rings (SSSR count). The quantitative estimate of drug-likeness (QED) is 0.783. The van der Waals surface area contributed by atoms with Gasteiger partial charge in [0.1, 0.15) is 0 Å². The first-order valence-corrected chi connectivity index (χ1v) is 8.44. The van der Waals surface area contributed by atoms with E-state index in [1.54, 1.807) is 33.2 Å². The van der Waals surface area contributed by atoms with Crippen molar-refractivity contribution in [1.82, 2.24) is 10.2 Å². The number of rotatable bonds is 6. The summed E-state index contributed by atoms with van der Waals surface area (Å²) in [6, 6.07) is 5.66. The van der Waals surface area contributed by atoms with Crippen LogP contribution >= 0.6 is 0 Å². The van der Waals surface area contributed by atoms with Crippen LogP contribution in [0.2, 0.25) is 0 Å². The summed E-state index contributed by atoms with van der Waals surface area (Å²) < 4.78 is 22.7. The van der Waals surface area contributed by atoms with Crippen molar-refractivity contribution in [1.29, 1.82) is 0 Å². The number of amides is 1. The second kappa shape index (κ2) is 7.02. The highest BCUT2D eigenvalue weighted by Gasteiger charge is 2.16. The fourth-order valence-electron chi connectivity index (χ4n) is 1.82. The summed E-state index contributed by atoms with van der Waals surface area (Å²) in [7, 11) is 0.0958. The number of likely N-dealkylation sites (N-methyl/N-ethyl adjacent to an activating group) is 1. The molecule has 2 atom stereocenters. The number of hydrogen-bond acceptors (Lipinski definition) is 5. The standard InChI is InChI=1S/C14H22N2O4S/c1-10(14(18)16(2)3)15-9-13(17)11-5-7-12(8-6-11)21(4,19)20/h5-8,10,13,15,17H,9H2,1-4H3. The number of benzene rings is 1. The summed E-state index contributed by atoms with van der Waals surface area (Å²) in [5.41, 5.74) is 0.597. The molecule has 21 heavy (non-hydrogen) atoms. The Kier molecular flexibility index (Phi) is 5.88. The Hall–Kier alpha value is -1.44. The van der Waals surface area contributed by atoms with Gasteiger partial charge in [0, 0.05) is 26.9 Å². The lowest BCUT2D eigenvalue weighted by Gasteiger charge is -2.20. The summed E-state index contributed by atoms with van der Waals surface area (Å²) in [5.74, 6) is -0.0744. The van der Waals surface area contributed by atoms with E-state index >= 15 is 0 Å². The van der Waals surface area contributed by atoms with Crippen molar-refractivity contribution in [2.24, 2.45) is 0 Å². The van der Waals surface area contributed by atoms with Crippen LogP contribution in [-0.2, 0) is 14.6 Å². The van der Waals surface area contributed by atoms with E-state index in [2.05, 4.69) is 5.32 Å². The number of carbonyl (C=O) groups excluding carboxylic acids is 1. The molecule has 2 unspecified atom stereocenters. The maximum Gasteiger partial charge on any atom is 0.238 e. The summed E-state index contributed by atoms with van der Waals surface area (Å²) in [5, 5.41) is 13.0. The average molecular weight is 314 g/mol. The van der Waals surface area contributed by atoms with Gasteiger partial charge in [-0.2, -0.15) is 0 Å². The highest BCUT2D eigenvalue weighted by Crippen LogP contribution is 2.16. The fourth-order valence-corrected chi connectivity index (χ4v) is 2.45. The first-order chi connectivity index (χ1) is 9.62. The van der Waals surface area contributed by atoms with Crippen LogP contribution in [0.4, 0.5) is 0 Å². The molecule has 6 nitrogen and oxygen atoms in total. The lowest BCUT2D eigenvalue weighted by Crippen LogP contribution is -2.42. The molecular weight excluding hydrogens is 292 g/mol. The Morgan fingerprint density at radius 1 is 1.29 bits per heavy atom. The molecule has 0 aromatic heterocycles. The van der Waals surface area contributed by atoms with Crippen LogP contribution in [0.1, 0.15) is 18.6 Å². The minimum atomic E-state index is -3.24. The van der Waals surface area contributed by atoms with Gasteiger partial charge in [-0.25, -0.2) is 8.42 Å². The molecule has 0 saturated carbocycles. The van der Waals surface area contributed by atoms with Crippen molar-refractivity contribution in [2.45, 2.75) is 24.0 Å². The predicted octanol–water partition coefficient (Wildman–Crippen LogP) is 0.190. The van der Waals surface area contributed by atoms with Gasteiger partial charge in [0.25, 0.3) is 0 Å². The van der Waals surface area contributed by atoms with Gasteiger partial charge in [-0.1, -0.05) is 12.1 Å². The second-order valence-corrected chi connectivity index (χ2v) is 7.24. The molecule has 0 bridgehead atoms. The Morgan fingerprint density at radius 2 is 1.81 bits per heavy atom. The number of aliphatic hydroxyl groups is 1. The van der Waals surface area contributed by atoms with E-state index in [0.717, 1.165) is 6.26 Å². The third-order valence-corrected chi connectivity index (χ3v) is 4.25. The molecule has 0 aliphatic carbocycles. The zero-order valence-electron chi connectivity index (χ0n) is 12.7. The Balaban J connectivity index is 2.64. The van der Waals surface area contributed by atoms with E-state index in [-0.39, 0.29) is 17.3 Å². The Bertz CT molecular complexity index is 581. The molecule has 0 saturated heterocycles. The van der Waals surface area contributed by atoms with Crippen LogP contribution in [0.3, 0.4) is 0 Å². The van der Waals surface area contributed by atoms with Crippen LogP contribution in [0.15, 0.2) is 29.2 Å². The Morgan fingerprint density at radius 3 is 2.24 bits per heavy atom. The van der Waals surface area contributed by atoms with Crippen molar-refractivity contribution in [3.8, 4) is 0 Å². The van der Waals surface area contributed by atoms with E-state index in [1.807, 2.05) is 0 Å². The highest BCUT2D eigenvalue weighted by atomic mass is 32.2. The molecule has 118 valence electrons. The maximum absolute atomic E-state index is 11.7. The van der Waals surface area contributed by atoms with Crippen LogP contribution in [0.25, 0.3) is 0 Å². The van der Waals surface area contributed by atoms with Gasteiger partial charge >= 0.3 is 0 Å². The van der Waals surface area contributed by atoms with Gasteiger partial charge in [-0.05, 0) is 24.6 Å². The van der Waals surface area contributed by atoms with Crippen molar-refractivity contribution in [3.05, 3.63) is 29.8 Å². The van der Waals surface area contributed by atoms with Crippen molar-refractivity contribution in [3.63, 3.8) is 0 Å². The smallest absolute Gasteiger partial charge is 0.238 e. The number of nitrogens with one attached hydrogen (secondary N) is 1. The third kappa shape index (κ3) is 5.11. The van der Waals surface area contributed by atoms with E-state index < -0.39 is 22.0 Å². The van der Waals surface area contributed by atoms with Gasteiger partial charge in [0.05, 0.1) is 17.0 Å². The normalized spacial score (nSPS) is 14.5. The van der Waals surface area contributed by atoms with Gasteiger partial charge < -0.3 is 15.3 Å². The molecule has 1 amide bonds. The highest BCUT2D eigenvalue weighted by molar-refractivity contribution is 7.90. The number of aliphatic hydroxyl groups excluding tert-OH is 1. The van der Waals surface area contributed by atoms with Gasteiger partial charge in [0.15, 0.2) is 9.84 Å². The lowest BCUT2D eigenvalue weighted by atomic mass is 10.1. The number of nitrogens with zero attached hydrogens (tertiary/aromatic N) is 1. The van der Waals surface area contributed by atoms with Crippen LogP contribution < -0.4 is 5.32 Å². The predicted molar refractivity (Wildman–Crippen MR) is 80.7 cm³/mol. The molecule has 0 spiro atoms. The second-order valence-electron chi connectivity index (χ2n) is 5.22. The first kappa shape index (κ1) is 17.6. The molecular formula is C14H22N2O4S. The molecule has 1 aromatic rings. The summed E-state index contributed by atoms with van der Waals surface area (Å²) in [6.07, 6.45) is 0.324. The molecule has 1 aromatic carbocycles. The number of hydrogen-bond donors (Lipinski definition) is 2. The lowest BCUT2D eigenvalue weighted by molar-refractivity contribution is -0.130. The number of carbonyl (C=O) groups is 1. The summed E-state index contributed by atoms with van der Waals surface area (Å²) >= 11 is 0. The molecule has 0 aliphatic rings.